The number of nitrogens with one attached hydrogen (secondary N) is 2. The van der Waals surface area contributed by atoms with Crippen molar-refractivity contribution in [1.29, 1.82) is 0 Å². The Hall–Kier alpha value is -2.99. The number of H-pyrrole nitrogens is 1. The lowest BCUT2D eigenvalue weighted by Crippen LogP contribution is -2.29. The van der Waals surface area contributed by atoms with Gasteiger partial charge in [-0.2, -0.15) is 0 Å². The van der Waals surface area contributed by atoms with E-state index in [1.165, 1.54) is 18.3 Å². The first kappa shape index (κ1) is 16.9. The van der Waals surface area contributed by atoms with Crippen LogP contribution in [0.3, 0.4) is 0 Å². The molecule has 3 rings (SSSR count). The van der Waals surface area contributed by atoms with E-state index in [2.05, 4.69) is 15.3 Å². The number of aromatic amines is 1. The molecule has 0 spiro atoms. The van der Waals surface area contributed by atoms with E-state index in [9.17, 15) is 14.0 Å². The molecule has 3 aromatic rings. The van der Waals surface area contributed by atoms with Gasteiger partial charge in [0.05, 0.1) is 0 Å². The summed E-state index contributed by atoms with van der Waals surface area (Å²) in [5.41, 5.74) is 0.757. The Balaban J connectivity index is 1.73. The summed E-state index contributed by atoms with van der Waals surface area (Å²) in [5, 5.41) is 3.18. The first-order valence-corrected chi connectivity index (χ1v) is 7.78. The van der Waals surface area contributed by atoms with Crippen molar-refractivity contribution >= 4 is 17.5 Å². The molecule has 0 aliphatic heterocycles. The molecule has 0 fully saturated rings. The molecule has 0 saturated heterocycles. The standard InChI is InChI=1S/C18H13ClFN3O2/c19-13-5-3-12(4-6-13)16-21-10-15(18(25)23-16)17(24)22-9-11-1-7-14(20)8-2-11/h1-8,10H,9H2,(H,22,24)(H,21,23,25). The van der Waals surface area contributed by atoms with Crippen LogP contribution in [-0.2, 0) is 6.54 Å². The highest BCUT2D eigenvalue weighted by Crippen LogP contribution is 2.16. The van der Waals surface area contributed by atoms with Gasteiger partial charge in [-0.1, -0.05) is 23.7 Å². The fourth-order valence-corrected chi connectivity index (χ4v) is 2.32. The number of rotatable bonds is 4. The van der Waals surface area contributed by atoms with Crippen LogP contribution in [-0.4, -0.2) is 15.9 Å². The van der Waals surface area contributed by atoms with Crippen LogP contribution in [0.2, 0.25) is 5.02 Å². The maximum absolute atomic E-state index is 12.9. The summed E-state index contributed by atoms with van der Waals surface area (Å²) in [6.45, 7) is 0.178. The minimum Gasteiger partial charge on any atom is -0.348 e. The quantitative estimate of drug-likeness (QED) is 0.753. The molecular formula is C18H13ClFN3O2. The Morgan fingerprint density at radius 3 is 2.44 bits per heavy atom. The van der Waals surface area contributed by atoms with Crippen molar-refractivity contribution in [3.63, 3.8) is 0 Å². The van der Waals surface area contributed by atoms with Gasteiger partial charge in [0.1, 0.15) is 17.2 Å². The van der Waals surface area contributed by atoms with Crippen LogP contribution in [0, 0.1) is 5.82 Å². The van der Waals surface area contributed by atoms with Crippen LogP contribution in [0.15, 0.2) is 59.5 Å². The number of carbonyl (C=O) groups is 1. The summed E-state index contributed by atoms with van der Waals surface area (Å²) in [6, 6.07) is 12.5. The second-order valence-electron chi connectivity index (χ2n) is 5.29. The van der Waals surface area contributed by atoms with Gasteiger partial charge < -0.3 is 10.3 Å². The van der Waals surface area contributed by atoms with Crippen molar-refractivity contribution in [1.82, 2.24) is 15.3 Å². The van der Waals surface area contributed by atoms with Gasteiger partial charge in [0, 0.05) is 23.3 Å². The van der Waals surface area contributed by atoms with E-state index in [4.69, 9.17) is 11.6 Å². The van der Waals surface area contributed by atoms with E-state index in [-0.39, 0.29) is 17.9 Å². The van der Waals surface area contributed by atoms with Crippen molar-refractivity contribution < 1.29 is 9.18 Å². The van der Waals surface area contributed by atoms with Gasteiger partial charge in [0.25, 0.3) is 11.5 Å². The lowest BCUT2D eigenvalue weighted by molar-refractivity contribution is 0.0949. The molecule has 0 bridgehead atoms. The summed E-state index contributed by atoms with van der Waals surface area (Å²) < 4.78 is 12.9. The Labute approximate surface area is 147 Å². The highest BCUT2D eigenvalue weighted by molar-refractivity contribution is 6.30. The Morgan fingerprint density at radius 2 is 1.80 bits per heavy atom. The number of carbonyl (C=O) groups excluding carboxylic acids is 1. The number of nitrogens with zero attached hydrogens (tertiary/aromatic N) is 1. The lowest BCUT2D eigenvalue weighted by Gasteiger charge is -2.06. The number of aromatic nitrogens is 2. The predicted octanol–water partition coefficient (Wildman–Crippen LogP) is 3.16. The summed E-state index contributed by atoms with van der Waals surface area (Å²) in [6.07, 6.45) is 1.22. The second-order valence-corrected chi connectivity index (χ2v) is 5.73. The van der Waals surface area contributed by atoms with Crippen molar-refractivity contribution in [2.75, 3.05) is 0 Å². The average molecular weight is 358 g/mol. The van der Waals surface area contributed by atoms with Crippen LogP contribution in [0.25, 0.3) is 11.4 Å². The summed E-state index contributed by atoms with van der Waals surface area (Å²) in [4.78, 5) is 31.0. The second kappa shape index (κ2) is 7.27. The van der Waals surface area contributed by atoms with Crippen LogP contribution >= 0.6 is 11.6 Å². The number of benzene rings is 2. The van der Waals surface area contributed by atoms with Crippen LogP contribution in [0.1, 0.15) is 15.9 Å². The molecule has 0 unspecified atom stereocenters. The molecule has 1 heterocycles. The van der Waals surface area contributed by atoms with E-state index in [0.29, 0.717) is 16.4 Å². The molecule has 25 heavy (non-hydrogen) atoms. The minimum absolute atomic E-state index is 0.0974. The fraction of sp³-hybridized carbons (Fsp3) is 0.0556. The molecule has 7 heteroatoms. The third kappa shape index (κ3) is 4.10. The molecule has 0 radical (unpaired) electrons. The van der Waals surface area contributed by atoms with Crippen molar-refractivity contribution in [2.24, 2.45) is 0 Å². The highest BCUT2D eigenvalue weighted by Gasteiger charge is 2.12. The smallest absolute Gasteiger partial charge is 0.264 e. The Morgan fingerprint density at radius 1 is 1.12 bits per heavy atom. The molecule has 5 nitrogen and oxygen atoms in total. The third-order valence-corrected chi connectivity index (χ3v) is 3.78. The number of hydrogen-bond acceptors (Lipinski definition) is 3. The molecule has 126 valence electrons. The first-order chi connectivity index (χ1) is 12.0. The average Bonchev–Trinajstić information content (AvgIpc) is 2.61. The van der Waals surface area contributed by atoms with E-state index < -0.39 is 11.5 Å². The van der Waals surface area contributed by atoms with Crippen molar-refractivity contribution in [2.45, 2.75) is 6.54 Å². The zero-order chi connectivity index (χ0) is 17.8. The molecule has 0 aliphatic rings. The third-order valence-electron chi connectivity index (χ3n) is 3.53. The lowest BCUT2D eigenvalue weighted by atomic mass is 10.2. The van der Waals surface area contributed by atoms with E-state index in [1.54, 1.807) is 36.4 Å². The van der Waals surface area contributed by atoms with E-state index >= 15 is 0 Å². The zero-order valence-electron chi connectivity index (χ0n) is 12.9. The number of hydrogen-bond donors (Lipinski definition) is 2. The van der Waals surface area contributed by atoms with Crippen LogP contribution in [0.5, 0.6) is 0 Å². The molecule has 0 aliphatic carbocycles. The molecule has 2 aromatic carbocycles. The van der Waals surface area contributed by atoms with Gasteiger partial charge in [0.2, 0.25) is 0 Å². The normalized spacial score (nSPS) is 10.5. The maximum atomic E-state index is 12.9. The summed E-state index contributed by atoms with van der Waals surface area (Å²) >= 11 is 5.83. The molecule has 0 atom stereocenters. The minimum atomic E-state index is -0.555. The monoisotopic (exact) mass is 357 g/mol. The summed E-state index contributed by atoms with van der Waals surface area (Å²) in [5.74, 6) is -0.564. The first-order valence-electron chi connectivity index (χ1n) is 7.41. The fourth-order valence-electron chi connectivity index (χ4n) is 2.19. The van der Waals surface area contributed by atoms with Crippen LogP contribution in [0.4, 0.5) is 4.39 Å². The van der Waals surface area contributed by atoms with E-state index in [0.717, 1.165) is 5.56 Å². The molecular weight excluding hydrogens is 345 g/mol. The van der Waals surface area contributed by atoms with Gasteiger partial charge in [-0.3, -0.25) is 9.59 Å². The van der Waals surface area contributed by atoms with Gasteiger partial charge in [0.15, 0.2) is 0 Å². The number of amides is 1. The van der Waals surface area contributed by atoms with Crippen molar-refractivity contribution in [3.05, 3.63) is 87.0 Å². The SMILES string of the molecule is O=C(NCc1ccc(F)cc1)c1cnc(-c2ccc(Cl)cc2)[nH]c1=O. The van der Waals surface area contributed by atoms with Gasteiger partial charge in [-0.15, -0.1) is 0 Å². The largest absolute Gasteiger partial charge is 0.348 e. The molecule has 2 N–H and O–H groups in total. The van der Waals surface area contributed by atoms with E-state index in [1.807, 2.05) is 0 Å². The Kier molecular flexibility index (Phi) is 4.90. The summed E-state index contributed by atoms with van der Waals surface area (Å²) in [7, 11) is 0. The van der Waals surface area contributed by atoms with Gasteiger partial charge >= 0.3 is 0 Å². The van der Waals surface area contributed by atoms with Gasteiger partial charge in [-0.25, -0.2) is 9.37 Å². The predicted molar refractivity (Wildman–Crippen MR) is 92.9 cm³/mol. The zero-order valence-corrected chi connectivity index (χ0v) is 13.7. The highest BCUT2D eigenvalue weighted by atomic mass is 35.5. The maximum Gasteiger partial charge on any atom is 0.264 e. The molecule has 0 saturated carbocycles. The number of halogens is 2. The van der Waals surface area contributed by atoms with Crippen LogP contribution < -0.4 is 10.9 Å². The Bertz CT molecular complexity index is 953. The molecule has 1 aromatic heterocycles. The molecule has 1 amide bonds. The van der Waals surface area contributed by atoms with Gasteiger partial charge in [-0.05, 0) is 42.0 Å². The topological polar surface area (TPSA) is 74.8 Å². The van der Waals surface area contributed by atoms with Crippen molar-refractivity contribution in [3.8, 4) is 11.4 Å².